The van der Waals surface area contributed by atoms with Crippen LogP contribution in [0.4, 0.5) is 10.1 Å². The zero-order valence-corrected chi connectivity index (χ0v) is 15.0. The first-order chi connectivity index (χ1) is 12.0. The molecule has 0 spiro atoms. The third kappa shape index (κ3) is 4.59. The molecule has 1 saturated heterocycles. The van der Waals surface area contributed by atoms with Crippen LogP contribution in [0.3, 0.4) is 0 Å². The highest BCUT2D eigenvalue weighted by atomic mass is 19.1. The summed E-state index contributed by atoms with van der Waals surface area (Å²) in [6.45, 7) is 6.53. The van der Waals surface area contributed by atoms with Crippen LogP contribution in [0.15, 0.2) is 42.5 Å². The average Bonchev–Trinajstić information content (AvgIpc) is 2.60. The fourth-order valence-electron chi connectivity index (χ4n) is 3.47. The Bertz CT molecular complexity index is 711. The number of hydrogen-bond donors (Lipinski definition) is 2. The first-order valence-electron chi connectivity index (χ1n) is 9.04. The van der Waals surface area contributed by atoms with E-state index in [0.29, 0.717) is 0 Å². The molecule has 0 saturated carbocycles. The Balaban J connectivity index is 1.74. The molecule has 25 heavy (non-hydrogen) atoms. The summed E-state index contributed by atoms with van der Waals surface area (Å²) in [6, 6.07) is 13.5. The van der Waals surface area contributed by atoms with Crippen molar-refractivity contribution >= 4 is 5.69 Å². The molecule has 2 aromatic rings. The Morgan fingerprint density at radius 1 is 1.20 bits per heavy atom. The van der Waals surface area contributed by atoms with Crippen molar-refractivity contribution < 1.29 is 9.50 Å². The van der Waals surface area contributed by atoms with E-state index >= 15 is 0 Å². The number of halogens is 1. The van der Waals surface area contributed by atoms with Crippen molar-refractivity contribution in [2.75, 3.05) is 18.0 Å². The van der Waals surface area contributed by atoms with Crippen molar-refractivity contribution in [1.82, 2.24) is 5.32 Å². The van der Waals surface area contributed by atoms with Crippen LogP contribution in [0.25, 0.3) is 0 Å². The summed E-state index contributed by atoms with van der Waals surface area (Å²) in [5.41, 5.74) is 4.51. The normalized spacial score (nSPS) is 16.9. The van der Waals surface area contributed by atoms with Gasteiger partial charge in [-0.05, 0) is 56.0 Å². The maximum absolute atomic E-state index is 13.9. The number of piperidine rings is 1. The highest BCUT2D eigenvalue weighted by Crippen LogP contribution is 2.30. The van der Waals surface area contributed by atoms with Crippen molar-refractivity contribution in [3.63, 3.8) is 0 Å². The van der Waals surface area contributed by atoms with E-state index in [0.717, 1.165) is 43.7 Å². The number of benzene rings is 2. The fourth-order valence-corrected chi connectivity index (χ4v) is 3.47. The molecule has 2 aromatic carbocycles. The van der Waals surface area contributed by atoms with Crippen LogP contribution < -0.4 is 10.2 Å². The number of nitrogens with zero attached hydrogens (tertiary/aromatic N) is 1. The largest absolute Gasteiger partial charge is 0.393 e. The first-order valence-corrected chi connectivity index (χ1v) is 9.04. The second kappa shape index (κ2) is 7.98. The summed E-state index contributed by atoms with van der Waals surface area (Å²) >= 11 is 0. The van der Waals surface area contributed by atoms with E-state index in [-0.39, 0.29) is 18.0 Å². The number of rotatable bonds is 5. The van der Waals surface area contributed by atoms with Crippen LogP contribution in [0.2, 0.25) is 0 Å². The molecule has 3 nitrogen and oxygen atoms in total. The van der Waals surface area contributed by atoms with E-state index in [2.05, 4.69) is 48.3 Å². The Morgan fingerprint density at radius 2 is 1.96 bits per heavy atom. The zero-order chi connectivity index (χ0) is 17.8. The van der Waals surface area contributed by atoms with E-state index in [1.54, 1.807) is 6.07 Å². The summed E-state index contributed by atoms with van der Waals surface area (Å²) in [4.78, 5) is 2.26. The summed E-state index contributed by atoms with van der Waals surface area (Å²) in [5, 5.41) is 13.2. The van der Waals surface area contributed by atoms with Crippen LogP contribution in [0.1, 0.15) is 42.5 Å². The van der Waals surface area contributed by atoms with Crippen LogP contribution in [-0.4, -0.2) is 24.3 Å². The molecule has 0 amide bonds. The van der Waals surface area contributed by atoms with E-state index < -0.39 is 0 Å². The highest BCUT2D eigenvalue weighted by Gasteiger charge is 2.21. The van der Waals surface area contributed by atoms with Crippen molar-refractivity contribution in [3.8, 4) is 0 Å². The van der Waals surface area contributed by atoms with Gasteiger partial charge in [0.2, 0.25) is 0 Å². The molecule has 134 valence electrons. The Morgan fingerprint density at radius 3 is 2.68 bits per heavy atom. The number of aryl methyl sites for hydroxylation is 1. The monoisotopic (exact) mass is 342 g/mol. The quantitative estimate of drug-likeness (QED) is 0.864. The third-order valence-corrected chi connectivity index (χ3v) is 4.96. The molecule has 0 aliphatic carbocycles. The van der Waals surface area contributed by atoms with E-state index in [1.807, 2.05) is 6.07 Å². The molecule has 3 rings (SSSR count). The van der Waals surface area contributed by atoms with Crippen LogP contribution in [0.5, 0.6) is 0 Å². The minimum Gasteiger partial charge on any atom is -0.393 e. The fraction of sp³-hybridized carbons (Fsp3) is 0.429. The van der Waals surface area contributed by atoms with Crippen molar-refractivity contribution in [3.05, 3.63) is 65.0 Å². The Labute approximate surface area is 149 Å². The van der Waals surface area contributed by atoms with Gasteiger partial charge in [-0.3, -0.25) is 0 Å². The van der Waals surface area contributed by atoms with Crippen molar-refractivity contribution in [1.29, 1.82) is 0 Å². The topological polar surface area (TPSA) is 35.5 Å². The molecular weight excluding hydrogens is 315 g/mol. The minimum absolute atomic E-state index is 0.0399. The number of aliphatic hydroxyl groups is 1. The third-order valence-electron chi connectivity index (χ3n) is 4.96. The SMILES string of the molecule is Cc1cccc(CNC(C)c2cc(F)ccc2N2CCC(O)CC2)c1. The standard InChI is InChI=1S/C21H27FN2O/c1-15-4-3-5-17(12-15)14-23-16(2)20-13-18(22)6-7-21(20)24-10-8-19(25)9-11-24/h3-7,12-13,16,19,23,25H,8-11,14H2,1-2H3. The Hall–Kier alpha value is -1.91. The minimum atomic E-state index is -0.211. The molecule has 1 atom stereocenters. The maximum Gasteiger partial charge on any atom is 0.123 e. The smallest absolute Gasteiger partial charge is 0.123 e. The van der Waals surface area contributed by atoms with Gasteiger partial charge in [0, 0.05) is 31.4 Å². The maximum atomic E-state index is 13.9. The van der Waals surface area contributed by atoms with Crippen LogP contribution in [-0.2, 0) is 6.54 Å². The van der Waals surface area contributed by atoms with Gasteiger partial charge in [-0.1, -0.05) is 29.8 Å². The summed E-state index contributed by atoms with van der Waals surface area (Å²) < 4.78 is 13.9. The van der Waals surface area contributed by atoms with Gasteiger partial charge < -0.3 is 15.3 Å². The van der Waals surface area contributed by atoms with Crippen LogP contribution >= 0.6 is 0 Å². The van der Waals surface area contributed by atoms with Gasteiger partial charge in [0.25, 0.3) is 0 Å². The van der Waals surface area contributed by atoms with Gasteiger partial charge in [0.1, 0.15) is 5.82 Å². The molecule has 4 heteroatoms. The van der Waals surface area contributed by atoms with Gasteiger partial charge >= 0.3 is 0 Å². The molecule has 0 radical (unpaired) electrons. The summed E-state index contributed by atoms with van der Waals surface area (Å²) in [7, 11) is 0. The average molecular weight is 342 g/mol. The highest BCUT2D eigenvalue weighted by molar-refractivity contribution is 5.55. The number of hydrogen-bond acceptors (Lipinski definition) is 3. The predicted octanol–water partition coefficient (Wildman–Crippen LogP) is 3.95. The Kier molecular flexibility index (Phi) is 5.71. The molecular formula is C21H27FN2O. The van der Waals surface area contributed by atoms with Gasteiger partial charge in [-0.2, -0.15) is 0 Å². The lowest BCUT2D eigenvalue weighted by molar-refractivity contribution is 0.145. The lowest BCUT2D eigenvalue weighted by atomic mass is 10.0. The second-order valence-electron chi connectivity index (χ2n) is 7.01. The second-order valence-corrected chi connectivity index (χ2v) is 7.01. The van der Waals surface area contributed by atoms with Gasteiger partial charge in [0.15, 0.2) is 0 Å². The molecule has 1 unspecified atom stereocenters. The molecule has 0 aromatic heterocycles. The van der Waals surface area contributed by atoms with E-state index in [1.165, 1.54) is 17.2 Å². The number of aliphatic hydroxyl groups excluding tert-OH is 1. The van der Waals surface area contributed by atoms with Gasteiger partial charge in [0.05, 0.1) is 6.10 Å². The molecule has 2 N–H and O–H groups in total. The zero-order valence-electron chi connectivity index (χ0n) is 15.0. The summed E-state index contributed by atoms with van der Waals surface area (Å²) in [5.74, 6) is -0.208. The first kappa shape index (κ1) is 17.9. The van der Waals surface area contributed by atoms with E-state index in [4.69, 9.17) is 0 Å². The molecule has 1 aliphatic rings. The van der Waals surface area contributed by atoms with Gasteiger partial charge in [-0.25, -0.2) is 4.39 Å². The van der Waals surface area contributed by atoms with Gasteiger partial charge in [-0.15, -0.1) is 0 Å². The molecule has 1 fully saturated rings. The van der Waals surface area contributed by atoms with E-state index in [9.17, 15) is 9.50 Å². The van der Waals surface area contributed by atoms with Crippen LogP contribution in [0, 0.1) is 12.7 Å². The predicted molar refractivity (Wildman–Crippen MR) is 100 cm³/mol. The summed E-state index contributed by atoms with van der Waals surface area (Å²) in [6.07, 6.45) is 1.32. The molecule has 0 bridgehead atoms. The van der Waals surface area contributed by atoms with Crippen molar-refractivity contribution in [2.24, 2.45) is 0 Å². The molecule has 1 aliphatic heterocycles. The number of anilines is 1. The van der Waals surface area contributed by atoms with Crippen molar-refractivity contribution in [2.45, 2.75) is 45.4 Å². The lowest BCUT2D eigenvalue weighted by Gasteiger charge is -2.34. The lowest BCUT2D eigenvalue weighted by Crippen LogP contribution is -2.37. The molecule has 1 heterocycles. The number of nitrogens with one attached hydrogen (secondary N) is 1.